The van der Waals surface area contributed by atoms with Gasteiger partial charge >= 0.3 is 0 Å². The molecule has 3 aromatic heterocycles. The van der Waals surface area contributed by atoms with Crippen molar-refractivity contribution in [2.24, 2.45) is 0 Å². The summed E-state index contributed by atoms with van der Waals surface area (Å²) in [7, 11) is 0. The largest absolute Gasteiger partial charge is 0.434 e. The molecule has 0 saturated heterocycles. The van der Waals surface area contributed by atoms with Crippen molar-refractivity contribution in [1.29, 1.82) is 0 Å². The van der Waals surface area contributed by atoms with Crippen molar-refractivity contribution >= 4 is 32.9 Å². The van der Waals surface area contributed by atoms with E-state index in [9.17, 15) is 0 Å². The fraction of sp³-hybridized carbons (Fsp3) is 0. The highest BCUT2D eigenvalue weighted by Crippen LogP contribution is 2.38. The summed E-state index contributed by atoms with van der Waals surface area (Å²) < 4.78 is 8.82. The van der Waals surface area contributed by atoms with Gasteiger partial charge in [-0.1, -0.05) is 133 Å². The van der Waals surface area contributed by atoms with Crippen LogP contribution in [-0.2, 0) is 0 Å². The highest BCUT2D eigenvalue weighted by molar-refractivity contribution is 6.16. The predicted octanol–water partition coefficient (Wildman–Crippen LogP) is 12.0. The normalized spacial score (nSPS) is 11.5. The third kappa shape index (κ3) is 5.15. The minimum absolute atomic E-state index is 0.619. The summed E-state index contributed by atoms with van der Waals surface area (Å²) in [6, 6.07) is 62.7. The molecule has 0 radical (unpaired) electrons. The van der Waals surface area contributed by atoms with Crippen molar-refractivity contribution in [3.63, 3.8) is 0 Å². The Morgan fingerprint density at radius 3 is 1.62 bits per heavy atom. The molecule has 244 valence electrons. The third-order valence-electron chi connectivity index (χ3n) is 9.68. The molecule has 0 atom stereocenters. The minimum Gasteiger partial charge on any atom is -0.434 e. The Balaban J connectivity index is 1.03. The molecular formula is C47H30N4O. The van der Waals surface area contributed by atoms with Crippen molar-refractivity contribution < 1.29 is 4.42 Å². The lowest BCUT2D eigenvalue weighted by Gasteiger charge is -2.11. The van der Waals surface area contributed by atoms with E-state index in [1.807, 2.05) is 66.7 Å². The Hall–Kier alpha value is -7.11. The van der Waals surface area contributed by atoms with Crippen LogP contribution in [0.1, 0.15) is 0 Å². The first-order chi connectivity index (χ1) is 25.8. The molecule has 52 heavy (non-hydrogen) atoms. The van der Waals surface area contributed by atoms with Crippen molar-refractivity contribution in [2.75, 3.05) is 0 Å². The van der Waals surface area contributed by atoms with Crippen molar-refractivity contribution in [1.82, 2.24) is 19.5 Å². The minimum atomic E-state index is 0.619. The number of fused-ring (bicyclic) bond motifs is 5. The van der Waals surface area contributed by atoms with Crippen molar-refractivity contribution in [3.05, 3.63) is 182 Å². The summed E-state index contributed by atoms with van der Waals surface area (Å²) in [6.45, 7) is 0. The summed E-state index contributed by atoms with van der Waals surface area (Å²) in [6.07, 6.45) is 0. The van der Waals surface area contributed by atoms with Crippen LogP contribution in [-0.4, -0.2) is 19.5 Å². The highest BCUT2D eigenvalue weighted by atomic mass is 16.3. The third-order valence-corrected chi connectivity index (χ3v) is 9.68. The Kier molecular flexibility index (Phi) is 7.07. The molecule has 0 aliphatic heterocycles. The Bertz CT molecular complexity index is 2800. The van der Waals surface area contributed by atoms with Gasteiger partial charge in [0.15, 0.2) is 11.4 Å². The Labute approximate surface area is 300 Å². The SMILES string of the molecule is c1ccc(-c2cc(-c3ccc(-c4ccc(-n5c6ccccc6c6ccc7nc(-c8ccccc8)oc7c65)cc4)cc3)nc(-c3ccccc3)n2)cc1. The standard InChI is InChI=1S/C47H30N4O/c1-4-12-33(13-5-1)41-30-42(49-46(48-41)35-14-6-2-7-15-35)34-22-20-31(21-23-34)32-24-26-37(27-25-32)51-43-19-11-10-18-38(43)39-28-29-40-45(44(39)51)52-47(50-40)36-16-8-3-9-17-36/h1-30H. The topological polar surface area (TPSA) is 56.7 Å². The average molecular weight is 667 g/mol. The number of hydrogen-bond acceptors (Lipinski definition) is 4. The fourth-order valence-electron chi connectivity index (χ4n) is 7.11. The lowest BCUT2D eigenvalue weighted by molar-refractivity contribution is 0.622. The first-order valence-electron chi connectivity index (χ1n) is 17.4. The molecule has 0 bridgehead atoms. The average Bonchev–Trinajstić information content (AvgIpc) is 3.82. The van der Waals surface area contributed by atoms with Gasteiger partial charge in [0.2, 0.25) is 5.89 Å². The molecule has 7 aromatic carbocycles. The van der Waals surface area contributed by atoms with Crippen LogP contribution in [0.2, 0.25) is 0 Å². The van der Waals surface area contributed by atoms with Crippen LogP contribution < -0.4 is 0 Å². The van der Waals surface area contributed by atoms with Gasteiger partial charge in [0.05, 0.1) is 22.4 Å². The number of oxazole rings is 1. The van der Waals surface area contributed by atoms with Crippen LogP contribution in [0.25, 0.3) is 95.1 Å². The summed E-state index contributed by atoms with van der Waals surface area (Å²) in [5.41, 5.74) is 12.9. The van der Waals surface area contributed by atoms with E-state index in [2.05, 4.69) is 120 Å². The lowest BCUT2D eigenvalue weighted by atomic mass is 10.0. The second-order valence-electron chi connectivity index (χ2n) is 12.9. The maximum atomic E-state index is 6.52. The maximum Gasteiger partial charge on any atom is 0.227 e. The van der Waals surface area contributed by atoms with E-state index in [1.54, 1.807) is 0 Å². The molecular weight excluding hydrogens is 637 g/mol. The van der Waals surface area contributed by atoms with E-state index in [0.717, 1.165) is 78.0 Å². The lowest BCUT2D eigenvalue weighted by Crippen LogP contribution is -1.96. The zero-order chi connectivity index (χ0) is 34.4. The Morgan fingerprint density at radius 1 is 0.404 bits per heavy atom. The van der Waals surface area contributed by atoms with Gasteiger partial charge < -0.3 is 8.98 Å². The summed E-state index contributed by atoms with van der Waals surface area (Å²) >= 11 is 0. The fourth-order valence-corrected chi connectivity index (χ4v) is 7.11. The van der Waals surface area contributed by atoms with Crippen LogP contribution in [0.4, 0.5) is 0 Å². The zero-order valence-electron chi connectivity index (χ0n) is 28.0. The quantitative estimate of drug-likeness (QED) is 0.177. The molecule has 0 fully saturated rings. The first-order valence-corrected chi connectivity index (χ1v) is 17.4. The van der Waals surface area contributed by atoms with E-state index in [-0.39, 0.29) is 0 Å². The number of para-hydroxylation sites is 1. The maximum absolute atomic E-state index is 6.52. The Morgan fingerprint density at radius 2 is 0.942 bits per heavy atom. The van der Waals surface area contributed by atoms with Crippen LogP contribution in [0.3, 0.4) is 0 Å². The molecule has 10 aromatic rings. The number of benzene rings is 7. The molecule has 0 unspecified atom stereocenters. The van der Waals surface area contributed by atoms with Gasteiger partial charge in [-0.3, -0.25) is 0 Å². The smallest absolute Gasteiger partial charge is 0.227 e. The number of hydrogen-bond donors (Lipinski definition) is 0. The predicted molar refractivity (Wildman–Crippen MR) is 211 cm³/mol. The van der Waals surface area contributed by atoms with Gasteiger partial charge in [0, 0.05) is 38.7 Å². The van der Waals surface area contributed by atoms with E-state index in [4.69, 9.17) is 19.4 Å². The molecule has 3 heterocycles. The molecule has 0 saturated carbocycles. The van der Waals surface area contributed by atoms with Gasteiger partial charge in [-0.15, -0.1) is 0 Å². The second kappa shape index (κ2) is 12.3. The molecule has 0 aliphatic carbocycles. The van der Waals surface area contributed by atoms with E-state index >= 15 is 0 Å². The molecule has 10 rings (SSSR count). The highest BCUT2D eigenvalue weighted by Gasteiger charge is 2.19. The van der Waals surface area contributed by atoms with Crippen LogP contribution in [0.15, 0.2) is 186 Å². The van der Waals surface area contributed by atoms with Crippen LogP contribution in [0.5, 0.6) is 0 Å². The number of nitrogens with zero attached hydrogens (tertiary/aromatic N) is 4. The summed E-state index contributed by atoms with van der Waals surface area (Å²) in [5, 5.41) is 2.31. The van der Waals surface area contributed by atoms with Crippen molar-refractivity contribution in [3.8, 4) is 62.2 Å². The summed E-state index contributed by atoms with van der Waals surface area (Å²) in [4.78, 5) is 14.8. The molecule has 5 heteroatoms. The van der Waals surface area contributed by atoms with Gasteiger partial charge in [-0.2, -0.15) is 0 Å². The van der Waals surface area contributed by atoms with Crippen molar-refractivity contribution in [2.45, 2.75) is 0 Å². The van der Waals surface area contributed by atoms with Gasteiger partial charge in [-0.05, 0) is 59.7 Å². The molecule has 0 aliphatic rings. The van der Waals surface area contributed by atoms with Gasteiger partial charge in [0.25, 0.3) is 0 Å². The molecule has 5 nitrogen and oxygen atoms in total. The number of aromatic nitrogens is 4. The molecule has 0 amide bonds. The van der Waals surface area contributed by atoms with E-state index < -0.39 is 0 Å². The van der Waals surface area contributed by atoms with Gasteiger partial charge in [0.1, 0.15) is 5.52 Å². The summed E-state index contributed by atoms with van der Waals surface area (Å²) in [5.74, 6) is 1.33. The number of rotatable bonds is 6. The molecule has 0 N–H and O–H groups in total. The van der Waals surface area contributed by atoms with E-state index in [0.29, 0.717) is 11.7 Å². The van der Waals surface area contributed by atoms with Crippen LogP contribution >= 0.6 is 0 Å². The van der Waals surface area contributed by atoms with E-state index in [1.165, 1.54) is 5.39 Å². The zero-order valence-corrected chi connectivity index (χ0v) is 28.0. The van der Waals surface area contributed by atoms with Gasteiger partial charge in [-0.25, -0.2) is 15.0 Å². The first kappa shape index (κ1) is 29.8. The monoisotopic (exact) mass is 666 g/mol. The second-order valence-corrected chi connectivity index (χ2v) is 12.9. The molecule has 0 spiro atoms. The van der Waals surface area contributed by atoms with Crippen LogP contribution in [0, 0.1) is 0 Å².